The van der Waals surface area contributed by atoms with E-state index in [0.717, 1.165) is 17.8 Å². The normalized spacial score (nSPS) is 10.5. The van der Waals surface area contributed by atoms with Crippen LogP contribution in [0.1, 0.15) is 6.92 Å². The lowest BCUT2D eigenvalue weighted by atomic mass is 10.3. The van der Waals surface area contributed by atoms with Crippen LogP contribution in [0.3, 0.4) is 0 Å². The van der Waals surface area contributed by atoms with Crippen LogP contribution < -0.4 is 11.3 Å². The van der Waals surface area contributed by atoms with Crippen molar-refractivity contribution in [3.63, 3.8) is 0 Å². The van der Waals surface area contributed by atoms with E-state index in [4.69, 9.17) is 10.5 Å². The topological polar surface area (TPSA) is 87.2 Å². The third-order valence-electron chi connectivity index (χ3n) is 2.64. The smallest absolute Gasteiger partial charge is 0.316 e. The molecule has 0 spiro atoms. The number of carbonyl (C=O) groups excluding carboxylic acids is 1. The third-order valence-corrected chi connectivity index (χ3v) is 3.55. The number of esters is 1. The number of benzene rings is 1. The lowest BCUT2D eigenvalue weighted by molar-refractivity contribution is -0.139. The Balaban J connectivity index is 2.37. The highest BCUT2D eigenvalue weighted by Gasteiger charge is 2.13. The van der Waals surface area contributed by atoms with Crippen molar-refractivity contribution in [3.8, 4) is 5.69 Å². The van der Waals surface area contributed by atoms with Crippen LogP contribution in [0, 0.1) is 5.82 Å². The maximum Gasteiger partial charge on any atom is 0.316 e. The molecule has 116 valence electrons. The molecule has 2 aromatic rings. The van der Waals surface area contributed by atoms with Crippen molar-refractivity contribution in [3.05, 3.63) is 46.5 Å². The first-order valence-electron chi connectivity index (χ1n) is 6.45. The molecule has 8 heteroatoms. The van der Waals surface area contributed by atoms with Crippen molar-refractivity contribution in [2.75, 3.05) is 18.1 Å². The van der Waals surface area contributed by atoms with E-state index in [1.165, 1.54) is 28.8 Å². The Bertz CT molecular complexity index is 731. The number of rotatable bonds is 5. The van der Waals surface area contributed by atoms with Gasteiger partial charge in [-0.05, 0) is 31.2 Å². The van der Waals surface area contributed by atoms with E-state index in [9.17, 15) is 14.0 Å². The molecule has 1 aromatic heterocycles. The summed E-state index contributed by atoms with van der Waals surface area (Å²) in [5, 5.41) is 0.240. The monoisotopic (exact) mass is 323 g/mol. The van der Waals surface area contributed by atoms with Gasteiger partial charge in [0.15, 0.2) is 5.16 Å². The van der Waals surface area contributed by atoms with Gasteiger partial charge in [0.05, 0.1) is 12.4 Å². The molecule has 0 unspecified atom stereocenters. The van der Waals surface area contributed by atoms with E-state index >= 15 is 0 Å². The highest BCUT2D eigenvalue weighted by molar-refractivity contribution is 7.99. The number of ether oxygens (including phenoxy) is 1. The van der Waals surface area contributed by atoms with Gasteiger partial charge in [0.1, 0.15) is 11.6 Å². The molecule has 0 amide bonds. The van der Waals surface area contributed by atoms with Gasteiger partial charge in [0.2, 0.25) is 0 Å². The van der Waals surface area contributed by atoms with Crippen LogP contribution in [0.25, 0.3) is 5.69 Å². The molecule has 0 radical (unpaired) electrons. The maximum absolute atomic E-state index is 13.0. The Morgan fingerprint density at radius 2 is 2.09 bits per heavy atom. The summed E-state index contributed by atoms with van der Waals surface area (Å²) in [5.74, 6) is -0.671. The van der Waals surface area contributed by atoms with Crippen LogP contribution in [-0.4, -0.2) is 27.9 Å². The number of nitrogens with zero attached hydrogens (tertiary/aromatic N) is 2. The summed E-state index contributed by atoms with van der Waals surface area (Å²) >= 11 is 1.03. The molecule has 0 fully saturated rings. The van der Waals surface area contributed by atoms with Crippen LogP contribution in [0.5, 0.6) is 0 Å². The molecular formula is C14H14FN3O3S. The molecule has 0 saturated heterocycles. The fraction of sp³-hybridized carbons (Fsp3) is 0.214. The molecule has 1 aromatic carbocycles. The van der Waals surface area contributed by atoms with Gasteiger partial charge in [0.25, 0.3) is 5.56 Å². The number of hydrogen-bond acceptors (Lipinski definition) is 6. The minimum Gasteiger partial charge on any atom is -0.465 e. The molecule has 0 aliphatic rings. The molecular weight excluding hydrogens is 309 g/mol. The Labute approximate surface area is 130 Å². The second-order valence-electron chi connectivity index (χ2n) is 4.21. The first kappa shape index (κ1) is 16.0. The van der Waals surface area contributed by atoms with E-state index in [1.807, 2.05) is 0 Å². The zero-order valence-electron chi connectivity index (χ0n) is 11.8. The van der Waals surface area contributed by atoms with Crippen LogP contribution in [0.4, 0.5) is 10.2 Å². The summed E-state index contributed by atoms with van der Waals surface area (Å²) < 4.78 is 19.3. The summed E-state index contributed by atoms with van der Waals surface area (Å²) in [5.41, 5.74) is 5.88. The minimum atomic E-state index is -0.512. The van der Waals surface area contributed by atoms with Gasteiger partial charge < -0.3 is 10.5 Å². The summed E-state index contributed by atoms with van der Waals surface area (Å²) in [6, 6.07) is 6.72. The van der Waals surface area contributed by atoms with Crippen molar-refractivity contribution in [1.29, 1.82) is 0 Å². The lowest BCUT2D eigenvalue weighted by Gasteiger charge is -2.14. The summed E-state index contributed by atoms with van der Waals surface area (Å²) in [6.07, 6.45) is 0. The lowest BCUT2D eigenvalue weighted by Crippen LogP contribution is -2.18. The molecule has 6 nitrogen and oxygen atoms in total. The number of anilines is 1. The number of thioether (sulfide) groups is 1. The third kappa shape index (κ3) is 3.85. The molecule has 1 heterocycles. The Morgan fingerprint density at radius 1 is 1.41 bits per heavy atom. The summed E-state index contributed by atoms with van der Waals surface area (Å²) in [4.78, 5) is 26.8. The van der Waals surface area contributed by atoms with Crippen LogP contribution in [0.15, 0.2) is 40.3 Å². The predicted octanol–water partition coefficient (Wildman–Crippen LogP) is 1.61. The number of nitrogen functional groups attached to an aromatic ring is 1. The van der Waals surface area contributed by atoms with Gasteiger partial charge in [-0.25, -0.2) is 4.39 Å². The van der Waals surface area contributed by atoms with Gasteiger partial charge >= 0.3 is 5.97 Å². The molecule has 2 rings (SSSR count). The van der Waals surface area contributed by atoms with Crippen LogP contribution >= 0.6 is 11.8 Å². The van der Waals surface area contributed by atoms with E-state index < -0.39 is 17.3 Å². The van der Waals surface area contributed by atoms with Crippen molar-refractivity contribution >= 4 is 23.5 Å². The fourth-order valence-corrected chi connectivity index (χ4v) is 2.58. The fourth-order valence-electron chi connectivity index (χ4n) is 1.75. The Morgan fingerprint density at radius 3 is 2.73 bits per heavy atom. The molecule has 0 aliphatic carbocycles. The van der Waals surface area contributed by atoms with E-state index in [1.54, 1.807) is 6.92 Å². The molecule has 22 heavy (non-hydrogen) atoms. The molecule has 0 atom stereocenters. The van der Waals surface area contributed by atoms with Crippen molar-refractivity contribution in [2.24, 2.45) is 0 Å². The van der Waals surface area contributed by atoms with E-state index in [0.29, 0.717) is 5.69 Å². The van der Waals surface area contributed by atoms with Gasteiger partial charge in [0, 0.05) is 11.8 Å². The second kappa shape index (κ2) is 7.08. The van der Waals surface area contributed by atoms with Gasteiger partial charge in [-0.15, -0.1) is 0 Å². The summed E-state index contributed by atoms with van der Waals surface area (Å²) in [7, 11) is 0. The average Bonchev–Trinajstić information content (AvgIpc) is 2.46. The highest BCUT2D eigenvalue weighted by Crippen LogP contribution is 2.22. The maximum atomic E-state index is 13.0. The zero-order chi connectivity index (χ0) is 16.1. The standard InChI is InChI=1S/C14H14FN3O3S/c1-2-21-13(20)8-22-14-17-12(19)7-11(16)18(14)10-5-3-9(15)4-6-10/h3-7H,2,8,16H2,1H3. The van der Waals surface area contributed by atoms with Gasteiger partial charge in [-0.2, -0.15) is 4.98 Å². The first-order valence-corrected chi connectivity index (χ1v) is 7.43. The summed E-state index contributed by atoms with van der Waals surface area (Å²) in [6.45, 7) is 1.98. The first-order chi connectivity index (χ1) is 10.5. The van der Waals surface area contributed by atoms with Crippen LogP contribution in [0.2, 0.25) is 0 Å². The molecule has 0 aliphatic heterocycles. The Kier molecular flexibility index (Phi) is 5.16. The largest absolute Gasteiger partial charge is 0.465 e. The zero-order valence-corrected chi connectivity index (χ0v) is 12.6. The number of halogens is 1. The quantitative estimate of drug-likeness (QED) is 0.511. The molecule has 0 saturated carbocycles. The van der Waals surface area contributed by atoms with Crippen LogP contribution in [-0.2, 0) is 9.53 Å². The Hall–Kier alpha value is -2.35. The minimum absolute atomic E-state index is 0.00900. The van der Waals surface area contributed by atoms with Gasteiger partial charge in [-0.3, -0.25) is 14.2 Å². The van der Waals surface area contributed by atoms with Crippen molar-refractivity contribution in [1.82, 2.24) is 9.55 Å². The van der Waals surface area contributed by atoms with Gasteiger partial charge in [-0.1, -0.05) is 11.8 Å². The van der Waals surface area contributed by atoms with E-state index in [-0.39, 0.29) is 23.3 Å². The SMILES string of the molecule is CCOC(=O)CSc1nc(=O)cc(N)n1-c1ccc(F)cc1. The molecule has 0 bridgehead atoms. The van der Waals surface area contributed by atoms with Crippen molar-refractivity contribution in [2.45, 2.75) is 12.1 Å². The highest BCUT2D eigenvalue weighted by atomic mass is 32.2. The second-order valence-corrected chi connectivity index (χ2v) is 5.15. The van der Waals surface area contributed by atoms with Crippen molar-refractivity contribution < 1.29 is 13.9 Å². The molecule has 2 N–H and O–H groups in total. The number of nitrogens with two attached hydrogens (primary N) is 1. The average molecular weight is 323 g/mol. The predicted molar refractivity (Wildman–Crippen MR) is 81.6 cm³/mol. The number of carbonyl (C=O) groups is 1. The number of hydrogen-bond donors (Lipinski definition) is 1. The van der Waals surface area contributed by atoms with E-state index in [2.05, 4.69) is 4.98 Å². The number of aromatic nitrogens is 2.